The van der Waals surface area contributed by atoms with Crippen molar-refractivity contribution in [2.75, 3.05) is 5.32 Å². The van der Waals surface area contributed by atoms with E-state index >= 15 is 0 Å². The molecule has 90 valence electrons. The van der Waals surface area contributed by atoms with Gasteiger partial charge in [0.1, 0.15) is 6.04 Å². The van der Waals surface area contributed by atoms with Crippen LogP contribution >= 0.6 is 15.9 Å². The van der Waals surface area contributed by atoms with Crippen LogP contribution in [0.4, 0.5) is 5.69 Å². The largest absolute Gasteiger partial charge is 0.366 e. The molecule has 1 N–H and O–H groups in total. The molecule has 2 aromatic carbocycles. The molecule has 0 heterocycles. The molecular weight excluding hydrogens is 288 g/mol. The SMILES string of the molecule is Cc1ccccc1C(C#N)Nc1ccc(Br)cc1. The van der Waals surface area contributed by atoms with Gasteiger partial charge in [0.05, 0.1) is 6.07 Å². The third kappa shape index (κ3) is 2.91. The number of anilines is 1. The fraction of sp³-hybridized carbons (Fsp3) is 0.133. The highest BCUT2D eigenvalue weighted by Crippen LogP contribution is 2.23. The zero-order chi connectivity index (χ0) is 13.0. The highest BCUT2D eigenvalue weighted by Gasteiger charge is 2.11. The number of hydrogen-bond donors (Lipinski definition) is 1. The van der Waals surface area contributed by atoms with Crippen LogP contribution in [0.3, 0.4) is 0 Å². The van der Waals surface area contributed by atoms with Gasteiger partial charge < -0.3 is 5.32 Å². The third-order valence-electron chi connectivity index (χ3n) is 2.78. The van der Waals surface area contributed by atoms with Gasteiger partial charge in [-0.25, -0.2) is 0 Å². The zero-order valence-corrected chi connectivity index (χ0v) is 11.6. The Labute approximate surface area is 115 Å². The first-order chi connectivity index (χ1) is 8.70. The summed E-state index contributed by atoms with van der Waals surface area (Å²) in [5.74, 6) is 0. The molecule has 0 aliphatic carbocycles. The Morgan fingerprint density at radius 1 is 1.11 bits per heavy atom. The second-order valence-corrected chi connectivity index (χ2v) is 4.99. The minimum atomic E-state index is -0.327. The Balaban J connectivity index is 2.23. The van der Waals surface area contributed by atoms with Crippen LogP contribution in [0.25, 0.3) is 0 Å². The molecule has 1 atom stereocenters. The van der Waals surface area contributed by atoms with Crippen LogP contribution in [0.15, 0.2) is 53.0 Å². The average molecular weight is 301 g/mol. The van der Waals surface area contributed by atoms with Crippen LogP contribution < -0.4 is 5.32 Å². The van der Waals surface area contributed by atoms with Crippen LogP contribution in [-0.4, -0.2) is 0 Å². The molecule has 0 aliphatic rings. The normalized spacial score (nSPS) is 11.6. The van der Waals surface area contributed by atoms with E-state index in [2.05, 4.69) is 27.3 Å². The summed E-state index contributed by atoms with van der Waals surface area (Å²) < 4.78 is 1.03. The van der Waals surface area contributed by atoms with Crippen LogP contribution in [0, 0.1) is 18.3 Å². The third-order valence-corrected chi connectivity index (χ3v) is 3.31. The number of nitriles is 1. The van der Waals surface area contributed by atoms with E-state index in [1.54, 1.807) is 0 Å². The molecule has 0 spiro atoms. The predicted octanol–water partition coefficient (Wildman–Crippen LogP) is 4.43. The van der Waals surface area contributed by atoms with E-state index in [-0.39, 0.29) is 6.04 Å². The molecule has 1 unspecified atom stereocenters. The van der Waals surface area contributed by atoms with Crippen molar-refractivity contribution in [3.63, 3.8) is 0 Å². The summed E-state index contributed by atoms with van der Waals surface area (Å²) in [4.78, 5) is 0. The smallest absolute Gasteiger partial charge is 0.140 e. The fourth-order valence-corrected chi connectivity index (χ4v) is 2.07. The van der Waals surface area contributed by atoms with E-state index in [0.717, 1.165) is 21.3 Å². The maximum Gasteiger partial charge on any atom is 0.140 e. The van der Waals surface area contributed by atoms with E-state index in [0.29, 0.717) is 0 Å². The summed E-state index contributed by atoms with van der Waals surface area (Å²) in [5.41, 5.74) is 3.07. The molecule has 0 radical (unpaired) electrons. The van der Waals surface area contributed by atoms with Gasteiger partial charge in [-0.05, 0) is 42.3 Å². The van der Waals surface area contributed by atoms with Crippen molar-refractivity contribution < 1.29 is 0 Å². The maximum absolute atomic E-state index is 9.30. The Kier molecular flexibility index (Phi) is 4.01. The lowest BCUT2D eigenvalue weighted by Gasteiger charge is -2.15. The second kappa shape index (κ2) is 5.70. The van der Waals surface area contributed by atoms with Crippen molar-refractivity contribution in [1.82, 2.24) is 0 Å². The number of rotatable bonds is 3. The van der Waals surface area contributed by atoms with Crippen molar-refractivity contribution in [1.29, 1.82) is 5.26 Å². The Hall–Kier alpha value is -1.79. The molecule has 18 heavy (non-hydrogen) atoms. The van der Waals surface area contributed by atoms with Crippen molar-refractivity contribution in [2.24, 2.45) is 0 Å². The number of nitrogens with one attached hydrogen (secondary N) is 1. The summed E-state index contributed by atoms with van der Waals surface area (Å²) in [6.45, 7) is 2.02. The topological polar surface area (TPSA) is 35.8 Å². The molecule has 0 saturated heterocycles. The lowest BCUT2D eigenvalue weighted by atomic mass is 10.0. The van der Waals surface area contributed by atoms with Crippen LogP contribution in [0.2, 0.25) is 0 Å². The van der Waals surface area contributed by atoms with Gasteiger partial charge in [0.25, 0.3) is 0 Å². The van der Waals surface area contributed by atoms with Gasteiger partial charge in [0.2, 0.25) is 0 Å². The van der Waals surface area contributed by atoms with E-state index < -0.39 is 0 Å². The number of hydrogen-bond acceptors (Lipinski definition) is 2. The standard InChI is InChI=1S/C15H13BrN2/c1-11-4-2-3-5-14(11)15(10-17)18-13-8-6-12(16)7-9-13/h2-9,15,18H,1H3. The minimum absolute atomic E-state index is 0.327. The van der Waals surface area contributed by atoms with Crippen molar-refractivity contribution in [2.45, 2.75) is 13.0 Å². The second-order valence-electron chi connectivity index (χ2n) is 4.07. The first-order valence-corrected chi connectivity index (χ1v) is 6.47. The summed E-state index contributed by atoms with van der Waals surface area (Å²) >= 11 is 3.39. The molecular formula is C15H13BrN2. The number of nitrogens with zero attached hydrogens (tertiary/aromatic N) is 1. The van der Waals surface area contributed by atoms with Gasteiger partial charge in [-0.1, -0.05) is 40.2 Å². The molecule has 0 aromatic heterocycles. The van der Waals surface area contributed by atoms with Gasteiger partial charge in [-0.3, -0.25) is 0 Å². The van der Waals surface area contributed by atoms with Crippen molar-refractivity contribution in [3.8, 4) is 6.07 Å². The summed E-state index contributed by atoms with van der Waals surface area (Å²) in [5, 5.41) is 12.5. The predicted molar refractivity (Wildman–Crippen MR) is 77.3 cm³/mol. The van der Waals surface area contributed by atoms with E-state index in [1.165, 1.54) is 0 Å². The summed E-state index contributed by atoms with van der Waals surface area (Å²) in [6.07, 6.45) is 0. The first-order valence-electron chi connectivity index (χ1n) is 5.68. The summed E-state index contributed by atoms with van der Waals surface area (Å²) in [6, 6.07) is 17.7. The van der Waals surface area contributed by atoms with E-state index in [9.17, 15) is 5.26 Å². The highest BCUT2D eigenvalue weighted by atomic mass is 79.9. The monoisotopic (exact) mass is 300 g/mol. The molecule has 0 aliphatic heterocycles. The van der Waals surface area contributed by atoms with Crippen LogP contribution in [-0.2, 0) is 0 Å². The Morgan fingerprint density at radius 3 is 2.39 bits per heavy atom. The van der Waals surface area contributed by atoms with Gasteiger partial charge >= 0.3 is 0 Å². The molecule has 3 heteroatoms. The van der Waals surface area contributed by atoms with Crippen LogP contribution in [0.5, 0.6) is 0 Å². The number of halogens is 1. The van der Waals surface area contributed by atoms with Crippen molar-refractivity contribution >= 4 is 21.6 Å². The Morgan fingerprint density at radius 2 is 1.78 bits per heavy atom. The van der Waals surface area contributed by atoms with E-state index in [1.807, 2.05) is 55.5 Å². The Bertz CT molecular complexity index is 570. The number of aryl methyl sites for hydroxylation is 1. The lowest BCUT2D eigenvalue weighted by molar-refractivity contribution is 0.981. The molecule has 0 fully saturated rings. The molecule has 0 saturated carbocycles. The summed E-state index contributed by atoms with van der Waals surface area (Å²) in [7, 11) is 0. The fourth-order valence-electron chi connectivity index (χ4n) is 1.80. The first kappa shape index (κ1) is 12.7. The average Bonchev–Trinajstić information content (AvgIpc) is 2.39. The van der Waals surface area contributed by atoms with Gasteiger partial charge in [-0.2, -0.15) is 5.26 Å². The molecule has 0 bridgehead atoms. The number of benzene rings is 2. The van der Waals surface area contributed by atoms with Gasteiger partial charge in [-0.15, -0.1) is 0 Å². The van der Waals surface area contributed by atoms with E-state index in [4.69, 9.17) is 0 Å². The minimum Gasteiger partial charge on any atom is -0.366 e. The van der Waals surface area contributed by atoms with Crippen LogP contribution in [0.1, 0.15) is 17.2 Å². The zero-order valence-electron chi connectivity index (χ0n) is 10.0. The van der Waals surface area contributed by atoms with Gasteiger partial charge in [0.15, 0.2) is 0 Å². The molecule has 2 rings (SSSR count). The highest BCUT2D eigenvalue weighted by molar-refractivity contribution is 9.10. The molecule has 2 nitrogen and oxygen atoms in total. The van der Waals surface area contributed by atoms with Gasteiger partial charge in [0, 0.05) is 10.2 Å². The molecule has 0 amide bonds. The maximum atomic E-state index is 9.30. The quantitative estimate of drug-likeness (QED) is 0.910. The molecule has 2 aromatic rings. The lowest BCUT2D eigenvalue weighted by Crippen LogP contribution is -2.09. The van der Waals surface area contributed by atoms with Crippen molar-refractivity contribution in [3.05, 3.63) is 64.1 Å².